The van der Waals surface area contributed by atoms with Gasteiger partial charge in [-0.15, -0.1) is 0 Å². The highest BCUT2D eigenvalue weighted by Gasteiger charge is 2.08. The molecular weight excluding hydrogens is 336 g/mol. The third-order valence-corrected chi connectivity index (χ3v) is 4.31. The van der Waals surface area contributed by atoms with Gasteiger partial charge < -0.3 is 4.57 Å². The molecule has 27 heavy (non-hydrogen) atoms. The van der Waals surface area contributed by atoms with Crippen LogP contribution in [0.15, 0.2) is 90.4 Å². The van der Waals surface area contributed by atoms with Crippen molar-refractivity contribution in [3.05, 3.63) is 102 Å². The lowest BCUT2D eigenvalue weighted by Gasteiger charge is -2.05. The van der Waals surface area contributed by atoms with Gasteiger partial charge in [-0.05, 0) is 23.8 Å². The number of carbonyl (C=O) groups excluding carboxylic acids is 1. The normalized spacial score (nSPS) is 11.1. The molecule has 4 rings (SSSR count). The van der Waals surface area contributed by atoms with Crippen molar-refractivity contribution in [3.63, 3.8) is 0 Å². The van der Waals surface area contributed by atoms with Gasteiger partial charge in [0, 0.05) is 41.6 Å². The molecule has 132 valence electrons. The molecule has 0 aliphatic rings. The van der Waals surface area contributed by atoms with Crippen LogP contribution < -0.4 is 5.43 Å². The van der Waals surface area contributed by atoms with Crippen LogP contribution >= 0.6 is 0 Å². The largest absolute Gasteiger partial charge is 0.342 e. The number of aromatic nitrogens is 2. The lowest BCUT2D eigenvalue weighted by atomic mass is 10.2. The predicted octanol–water partition coefficient (Wildman–Crippen LogP) is 3.85. The smallest absolute Gasteiger partial charge is 0.272 e. The summed E-state index contributed by atoms with van der Waals surface area (Å²) in [5, 5.41) is 5.21. The van der Waals surface area contributed by atoms with E-state index in [0.717, 1.165) is 23.0 Å². The van der Waals surface area contributed by atoms with Gasteiger partial charge in [-0.2, -0.15) is 5.10 Å². The Morgan fingerprint density at radius 3 is 2.67 bits per heavy atom. The van der Waals surface area contributed by atoms with E-state index in [1.807, 2.05) is 30.3 Å². The molecule has 0 radical (unpaired) electrons. The van der Waals surface area contributed by atoms with E-state index in [1.165, 1.54) is 11.8 Å². The van der Waals surface area contributed by atoms with Crippen molar-refractivity contribution in [3.8, 4) is 0 Å². The van der Waals surface area contributed by atoms with E-state index in [4.69, 9.17) is 0 Å². The molecule has 0 bridgehead atoms. The Balaban J connectivity index is 1.57. The van der Waals surface area contributed by atoms with Crippen LogP contribution in [0.5, 0.6) is 0 Å². The number of pyridine rings is 1. The second-order valence-corrected chi connectivity index (χ2v) is 6.16. The third kappa shape index (κ3) is 3.77. The van der Waals surface area contributed by atoms with Gasteiger partial charge in [-0.25, -0.2) is 5.43 Å². The van der Waals surface area contributed by atoms with Crippen LogP contribution in [0.1, 0.15) is 21.5 Å². The maximum Gasteiger partial charge on any atom is 0.272 e. The van der Waals surface area contributed by atoms with E-state index in [9.17, 15) is 4.79 Å². The van der Waals surface area contributed by atoms with E-state index >= 15 is 0 Å². The van der Waals surface area contributed by atoms with Crippen LogP contribution in [0.25, 0.3) is 10.9 Å². The van der Waals surface area contributed by atoms with Gasteiger partial charge in [0.15, 0.2) is 0 Å². The molecule has 2 aromatic carbocycles. The van der Waals surface area contributed by atoms with Crippen molar-refractivity contribution in [1.82, 2.24) is 15.0 Å². The number of amides is 1. The zero-order chi connectivity index (χ0) is 18.5. The van der Waals surface area contributed by atoms with Crippen LogP contribution in [0.4, 0.5) is 0 Å². The number of para-hydroxylation sites is 1. The molecule has 0 aliphatic carbocycles. The molecular formula is C22H18N4O. The Morgan fingerprint density at radius 1 is 1.04 bits per heavy atom. The van der Waals surface area contributed by atoms with E-state index in [0.29, 0.717) is 5.56 Å². The molecule has 1 N–H and O–H groups in total. The predicted molar refractivity (Wildman–Crippen MR) is 107 cm³/mol. The summed E-state index contributed by atoms with van der Waals surface area (Å²) in [5.74, 6) is -0.285. The number of fused-ring (bicyclic) bond motifs is 1. The highest BCUT2D eigenvalue weighted by atomic mass is 16.2. The van der Waals surface area contributed by atoms with Crippen LogP contribution in [0.3, 0.4) is 0 Å². The zero-order valence-corrected chi connectivity index (χ0v) is 14.6. The molecule has 0 fully saturated rings. The van der Waals surface area contributed by atoms with Crippen LogP contribution in [-0.4, -0.2) is 21.7 Å². The van der Waals surface area contributed by atoms with Crippen molar-refractivity contribution in [2.45, 2.75) is 6.54 Å². The zero-order valence-electron chi connectivity index (χ0n) is 14.6. The Labute approximate surface area is 157 Å². The molecule has 0 saturated carbocycles. The summed E-state index contributed by atoms with van der Waals surface area (Å²) < 4.78 is 2.19. The molecule has 2 aromatic heterocycles. The second kappa shape index (κ2) is 7.66. The summed E-state index contributed by atoms with van der Waals surface area (Å²) in [4.78, 5) is 16.0. The highest BCUT2D eigenvalue weighted by molar-refractivity contribution is 6.00. The number of nitrogens with zero attached hydrogens (tertiary/aromatic N) is 3. The number of rotatable bonds is 5. The monoisotopic (exact) mass is 354 g/mol. The van der Waals surface area contributed by atoms with Crippen molar-refractivity contribution >= 4 is 23.0 Å². The first-order chi connectivity index (χ1) is 13.3. The summed E-state index contributed by atoms with van der Waals surface area (Å²) in [5.41, 5.74) is 6.33. The van der Waals surface area contributed by atoms with Gasteiger partial charge in [-0.1, -0.05) is 48.5 Å². The SMILES string of the molecule is O=C(N/N=C\c1cn(Cc2ccccc2)c2ccccc12)c1cccnc1. The van der Waals surface area contributed by atoms with Crippen LogP contribution in [-0.2, 0) is 6.54 Å². The Bertz CT molecular complexity index is 1090. The fourth-order valence-corrected chi connectivity index (χ4v) is 3.01. The third-order valence-electron chi connectivity index (χ3n) is 4.31. The van der Waals surface area contributed by atoms with Gasteiger partial charge in [-0.3, -0.25) is 9.78 Å². The molecule has 0 aliphatic heterocycles. The minimum absolute atomic E-state index is 0.285. The number of hydrogen-bond donors (Lipinski definition) is 1. The van der Waals surface area contributed by atoms with Crippen molar-refractivity contribution < 1.29 is 4.79 Å². The summed E-state index contributed by atoms with van der Waals surface area (Å²) in [6, 6.07) is 21.9. The van der Waals surface area contributed by atoms with Crippen LogP contribution in [0.2, 0.25) is 0 Å². The standard InChI is InChI=1S/C22H18N4O/c27-22(18-9-6-12-23-13-18)25-24-14-19-16-26(15-17-7-2-1-3-8-17)21-11-5-4-10-20(19)21/h1-14,16H,15H2,(H,25,27)/b24-14-. The quantitative estimate of drug-likeness (QED) is 0.437. The minimum atomic E-state index is -0.285. The van der Waals surface area contributed by atoms with Crippen molar-refractivity contribution in [2.24, 2.45) is 5.10 Å². The molecule has 5 heteroatoms. The fourth-order valence-electron chi connectivity index (χ4n) is 3.01. The maximum atomic E-state index is 12.1. The summed E-state index contributed by atoms with van der Waals surface area (Å²) in [7, 11) is 0. The van der Waals surface area contributed by atoms with Gasteiger partial charge in [0.05, 0.1) is 11.8 Å². The van der Waals surface area contributed by atoms with Gasteiger partial charge >= 0.3 is 0 Å². The fraction of sp³-hybridized carbons (Fsp3) is 0.0455. The highest BCUT2D eigenvalue weighted by Crippen LogP contribution is 2.21. The first kappa shape index (κ1) is 16.7. The molecule has 1 amide bonds. The number of benzene rings is 2. The van der Waals surface area contributed by atoms with Gasteiger partial charge in [0.1, 0.15) is 0 Å². The number of carbonyl (C=O) groups is 1. The molecule has 0 saturated heterocycles. The van der Waals surface area contributed by atoms with Gasteiger partial charge in [0.25, 0.3) is 5.91 Å². The molecule has 0 unspecified atom stereocenters. The lowest BCUT2D eigenvalue weighted by molar-refractivity contribution is 0.0955. The summed E-state index contributed by atoms with van der Waals surface area (Å²) in [6.07, 6.45) is 6.87. The molecule has 4 aromatic rings. The molecule has 0 atom stereocenters. The first-order valence-corrected chi connectivity index (χ1v) is 8.66. The Hall–Kier alpha value is -3.73. The molecule has 5 nitrogen and oxygen atoms in total. The van der Waals surface area contributed by atoms with E-state index < -0.39 is 0 Å². The van der Waals surface area contributed by atoms with E-state index in [2.05, 4.69) is 50.5 Å². The lowest BCUT2D eigenvalue weighted by Crippen LogP contribution is -2.17. The average Bonchev–Trinajstić information content (AvgIpc) is 3.07. The van der Waals surface area contributed by atoms with E-state index in [-0.39, 0.29) is 5.91 Å². The Morgan fingerprint density at radius 2 is 1.85 bits per heavy atom. The first-order valence-electron chi connectivity index (χ1n) is 8.66. The number of hydrazone groups is 1. The average molecular weight is 354 g/mol. The van der Waals surface area contributed by atoms with Gasteiger partial charge in [0.2, 0.25) is 0 Å². The Kier molecular flexibility index (Phi) is 4.74. The molecule has 0 spiro atoms. The minimum Gasteiger partial charge on any atom is -0.342 e. The van der Waals surface area contributed by atoms with Crippen LogP contribution in [0, 0.1) is 0 Å². The summed E-state index contributed by atoms with van der Waals surface area (Å²) in [6.45, 7) is 0.775. The van der Waals surface area contributed by atoms with Crippen molar-refractivity contribution in [1.29, 1.82) is 0 Å². The van der Waals surface area contributed by atoms with E-state index in [1.54, 1.807) is 24.5 Å². The van der Waals surface area contributed by atoms with Crippen molar-refractivity contribution in [2.75, 3.05) is 0 Å². The second-order valence-electron chi connectivity index (χ2n) is 6.16. The topological polar surface area (TPSA) is 59.3 Å². The molecule has 2 heterocycles. The number of hydrogen-bond acceptors (Lipinski definition) is 3. The number of nitrogens with one attached hydrogen (secondary N) is 1. The maximum absolute atomic E-state index is 12.1. The summed E-state index contributed by atoms with van der Waals surface area (Å²) >= 11 is 0.